The lowest BCUT2D eigenvalue weighted by atomic mass is 10.1. The van der Waals surface area contributed by atoms with E-state index in [1.807, 2.05) is 16.3 Å². The van der Waals surface area contributed by atoms with Crippen molar-refractivity contribution in [2.45, 2.75) is 51.3 Å². The molecule has 1 aromatic heterocycles. The SMILES string of the molecule is CCCC(N)C(=O)N(Cc1cccs1)CC1CCCO1. The van der Waals surface area contributed by atoms with Crippen LogP contribution in [0.1, 0.15) is 37.5 Å². The molecule has 0 aliphatic carbocycles. The molecule has 1 aromatic rings. The number of nitrogens with zero attached hydrogens (tertiary/aromatic N) is 1. The van der Waals surface area contributed by atoms with Gasteiger partial charge in [0, 0.05) is 18.0 Å². The maximum atomic E-state index is 12.5. The molecule has 2 unspecified atom stereocenters. The van der Waals surface area contributed by atoms with Crippen LogP contribution >= 0.6 is 11.3 Å². The van der Waals surface area contributed by atoms with Crippen LogP contribution in [0.15, 0.2) is 17.5 Å². The van der Waals surface area contributed by atoms with Crippen LogP contribution < -0.4 is 5.73 Å². The number of hydrogen-bond donors (Lipinski definition) is 1. The molecule has 1 fully saturated rings. The summed E-state index contributed by atoms with van der Waals surface area (Å²) in [6.45, 7) is 4.17. The van der Waals surface area contributed by atoms with Crippen LogP contribution in [0.5, 0.6) is 0 Å². The minimum atomic E-state index is -0.388. The fourth-order valence-corrected chi connectivity index (χ4v) is 3.25. The molecule has 0 saturated carbocycles. The number of nitrogens with two attached hydrogens (primary N) is 1. The number of ether oxygens (including phenoxy) is 1. The minimum Gasteiger partial charge on any atom is -0.376 e. The smallest absolute Gasteiger partial charge is 0.239 e. The number of hydrogen-bond acceptors (Lipinski definition) is 4. The standard InChI is InChI=1S/C15H24N2O2S/c1-2-5-14(16)15(18)17(10-12-6-3-8-19-12)11-13-7-4-9-20-13/h4,7,9,12,14H,2-3,5-6,8,10-11,16H2,1H3. The Morgan fingerprint density at radius 1 is 1.65 bits per heavy atom. The first-order chi connectivity index (χ1) is 9.70. The topological polar surface area (TPSA) is 55.6 Å². The van der Waals surface area contributed by atoms with Crippen LogP contribution in [0.4, 0.5) is 0 Å². The second-order valence-electron chi connectivity index (χ2n) is 5.33. The van der Waals surface area contributed by atoms with E-state index in [1.54, 1.807) is 11.3 Å². The summed E-state index contributed by atoms with van der Waals surface area (Å²) < 4.78 is 5.66. The van der Waals surface area contributed by atoms with Crippen LogP contribution in [-0.2, 0) is 16.1 Å². The summed E-state index contributed by atoms with van der Waals surface area (Å²) in [5.41, 5.74) is 6.00. The molecule has 0 spiro atoms. The Morgan fingerprint density at radius 3 is 3.10 bits per heavy atom. The van der Waals surface area contributed by atoms with E-state index in [1.165, 1.54) is 4.88 Å². The van der Waals surface area contributed by atoms with E-state index in [9.17, 15) is 4.79 Å². The van der Waals surface area contributed by atoms with Gasteiger partial charge in [-0.25, -0.2) is 0 Å². The van der Waals surface area contributed by atoms with Crippen molar-refractivity contribution in [3.63, 3.8) is 0 Å². The number of amides is 1. The summed E-state index contributed by atoms with van der Waals surface area (Å²) in [7, 11) is 0. The summed E-state index contributed by atoms with van der Waals surface area (Å²) in [6.07, 6.45) is 3.97. The van der Waals surface area contributed by atoms with Crippen molar-refractivity contribution in [2.24, 2.45) is 5.73 Å². The number of carbonyl (C=O) groups is 1. The largest absolute Gasteiger partial charge is 0.376 e. The zero-order chi connectivity index (χ0) is 14.4. The van der Waals surface area contributed by atoms with Crippen molar-refractivity contribution in [1.82, 2.24) is 4.90 Å². The van der Waals surface area contributed by atoms with Gasteiger partial charge in [-0.3, -0.25) is 4.79 Å². The molecule has 2 atom stereocenters. The molecule has 1 aliphatic rings. The molecule has 112 valence electrons. The van der Waals surface area contributed by atoms with Gasteiger partial charge in [-0.2, -0.15) is 0 Å². The Labute approximate surface area is 124 Å². The highest BCUT2D eigenvalue weighted by Crippen LogP contribution is 2.18. The van der Waals surface area contributed by atoms with E-state index in [2.05, 4.69) is 13.0 Å². The van der Waals surface area contributed by atoms with Gasteiger partial charge in [-0.1, -0.05) is 19.4 Å². The minimum absolute atomic E-state index is 0.0516. The fraction of sp³-hybridized carbons (Fsp3) is 0.667. The Bertz CT molecular complexity index is 402. The second-order valence-corrected chi connectivity index (χ2v) is 6.36. The van der Waals surface area contributed by atoms with Crippen LogP contribution in [-0.4, -0.2) is 36.1 Å². The van der Waals surface area contributed by atoms with Crippen molar-refractivity contribution in [3.05, 3.63) is 22.4 Å². The summed E-state index contributed by atoms with van der Waals surface area (Å²) in [6, 6.07) is 3.69. The Balaban J connectivity index is 1.99. The van der Waals surface area contributed by atoms with E-state index in [0.29, 0.717) is 13.1 Å². The molecule has 20 heavy (non-hydrogen) atoms. The molecule has 0 bridgehead atoms. The highest BCUT2D eigenvalue weighted by molar-refractivity contribution is 7.09. The first kappa shape index (κ1) is 15.5. The number of rotatable bonds is 7. The quantitative estimate of drug-likeness (QED) is 0.840. The molecule has 0 radical (unpaired) electrons. The Morgan fingerprint density at radius 2 is 2.50 bits per heavy atom. The highest BCUT2D eigenvalue weighted by Gasteiger charge is 2.26. The molecular weight excluding hydrogens is 272 g/mol. The van der Waals surface area contributed by atoms with Crippen LogP contribution in [0.25, 0.3) is 0 Å². The van der Waals surface area contributed by atoms with Gasteiger partial charge in [0.2, 0.25) is 5.91 Å². The first-order valence-electron chi connectivity index (χ1n) is 7.39. The predicted molar refractivity (Wildman–Crippen MR) is 81.6 cm³/mol. The molecule has 0 aromatic carbocycles. The number of carbonyl (C=O) groups excluding carboxylic acids is 1. The van der Waals surface area contributed by atoms with Gasteiger partial charge < -0.3 is 15.4 Å². The molecular formula is C15H24N2O2S. The van der Waals surface area contributed by atoms with Gasteiger partial charge in [-0.15, -0.1) is 11.3 Å². The number of thiophene rings is 1. The van der Waals surface area contributed by atoms with Crippen LogP contribution in [0.2, 0.25) is 0 Å². The highest BCUT2D eigenvalue weighted by atomic mass is 32.1. The van der Waals surface area contributed by atoms with E-state index >= 15 is 0 Å². The fourth-order valence-electron chi connectivity index (χ4n) is 2.53. The first-order valence-corrected chi connectivity index (χ1v) is 8.27. The maximum absolute atomic E-state index is 12.5. The van der Waals surface area contributed by atoms with E-state index < -0.39 is 0 Å². The van der Waals surface area contributed by atoms with E-state index in [-0.39, 0.29) is 18.1 Å². The summed E-state index contributed by atoms with van der Waals surface area (Å²) in [4.78, 5) is 15.6. The molecule has 4 nitrogen and oxygen atoms in total. The van der Waals surface area contributed by atoms with Gasteiger partial charge in [0.1, 0.15) is 0 Å². The average molecular weight is 296 g/mol. The third-order valence-corrected chi connectivity index (χ3v) is 4.46. The van der Waals surface area contributed by atoms with Gasteiger partial charge in [0.15, 0.2) is 0 Å². The molecule has 1 aliphatic heterocycles. The lowest BCUT2D eigenvalue weighted by molar-refractivity contribution is -0.135. The monoisotopic (exact) mass is 296 g/mol. The normalized spacial score (nSPS) is 20.0. The predicted octanol–water partition coefficient (Wildman–Crippen LogP) is 2.38. The van der Waals surface area contributed by atoms with Crippen LogP contribution in [0.3, 0.4) is 0 Å². The van der Waals surface area contributed by atoms with Crippen molar-refractivity contribution in [2.75, 3.05) is 13.2 Å². The zero-order valence-corrected chi connectivity index (χ0v) is 12.9. The van der Waals surface area contributed by atoms with Crippen molar-refractivity contribution < 1.29 is 9.53 Å². The van der Waals surface area contributed by atoms with E-state index in [4.69, 9.17) is 10.5 Å². The molecule has 1 amide bonds. The average Bonchev–Trinajstić information content (AvgIpc) is 3.10. The van der Waals surface area contributed by atoms with Crippen molar-refractivity contribution >= 4 is 17.2 Å². The van der Waals surface area contributed by atoms with Gasteiger partial charge in [0.05, 0.1) is 18.7 Å². The Hall–Kier alpha value is -0.910. The zero-order valence-electron chi connectivity index (χ0n) is 12.1. The third-order valence-electron chi connectivity index (χ3n) is 3.60. The molecule has 5 heteroatoms. The Kier molecular flexibility index (Phi) is 6.01. The van der Waals surface area contributed by atoms with Crippen molar-refractivity contribution in [1.29, 1.82) is 0 Å². The third kappa shape index (κ3) is 4.30. The molecule has 1 saturated heterocycles. The summed E-state index contributed by atoms with van der Waals surface area (Å²) in [5, 5.41) is 2.04. The van der Waals surface area contributed by atoms with Crippen LogP contribution in [0, 0.1) is 0 Å². The lowest BCUT2D eigenvalue weighted by Crippen LogP contribution is -2.46. The summed E-state index contributed by atoms with van der Waals surface area (Å²) >= 11 is 1.68. The van der Waals surface area contributed by atoms with Gasteiger partial charge >= 0.3 is 0 Å². The van der Waals surface area contributed by atoms with E-state index in [0.717, 1.165) is 32.3 Å². The lowest BCUT2D eigenvalue weighted by Gasteiger charge is -2.27. The maximum Gasteiger partial charge on any atom is 0.239 e. The van der Waals surface area contributed by atoms with Crippen molar-refractivity contribution in [3.8, 4) is 0 Å². The molecule has 2 heterocycles. The second kappa shape index (κ2) is 7.76. The molecule has 2 rings (SSSR count). The summed E-state index contributed by atoms with van der Waals surface area (Å²) in [5.74, 6) is 0.0516. The van der Waals surface area contributed by atoms with Gasteiger partial charge in [0.25, 0.3) is 0 Å². The molecule has 2 N–H and O–H groups in total. The van der Waals surface area contributed by atoms with Gasteiger partial charge in [-0.05, 0) is 30.7 Å².